The number of pyridine rings is 1. The van der Waals surface area contributed by atoms with Crippen molar-refractivity contribution in [1.82, 2.24) is 9.47 Å². The molecule has 0 saturated carbocycles. The van der Waals surface area contributed by atoms with Crippen LogP contribution in [0.1, 0.15) is 23.2 Å². The molecule has 1 fully saturated rings. The van der Waals surface area contributed by atoms with Crippen molar-refractivity contribution in [3.8, 4) is 0 Å². The van der Waals surface area contributed by atoms with E-state index in [0.717, 1.165) is 35.6 Å². The van der Waals surface area contributed by atoms with Gasteiger partial charge in [0, 0.05) is 56.5 Å². The Hall–Kier alpha value is -2.63. The number of aromatic nitrogens is 1. The van der Waals surface area contributed by atoms with Gasteiger partial charge in [0.2, 0.25) is 5.91 Å². The highest BCUT2D eigenvalue weighted by Crippen LogP contribution is 2.29. The average molecular weight is 355 g/mol. The minimum absolute atomic E-state index is 0.0236. The van der Waals surface area contributed by atoms with E-state index in [0.29, 0.717) is 25.4 Å². The molecule has 2 aliphatic rings. The molecule has 26 heavy (non-hydrogen) atoms. The van der Waals surface area contributed by atoms with Gasteiger partial charge < -0.3 is 14.4 Å². The van der Waals surface area contributed by atoms with Crippen LogP contribution in [-0.4, -0.2) is 28.5 Å². The number of carbonyl (C=O) groups is 1. The van der Waals surface area contributed by atoms with Gasteiger partial charge >= 0.3 is 0 Å². The molecule has 136 valence electrons. The normalized spacial score (nSPS) is 16.6. The number of fused-ring (bicyclic) bond motifs is 1. The lowest BCUT2D eigenvalue weighted by molar-refractivity contribution is -0.133. The number of halogens is 1. The van der Waals surface area contributed by atoms with Crippen LogP contribution in [0.2, 0.25) is 0 Å². The highest BCUT2D eigenvalue weighted by molar-refractivity contribution is 5.77. The number of rotatable bonds is 3. The third-order valence-electron chi connectivity index (χ3n) is 5.55. The fourth-order valence-corrected chi connectivity index (χ4v) is 3.89. The second kappa shape index (κ2) is 6.27. The molecule has 0 bridgehead atoms. The molecular weight excluding hydrogens is 333 g/mol. The monoisotopic (exact) mass is 355 g/mol. The first-order valence-corrected chi connectivity index (χ1v) is 8.89. The Morgan fingerprint density at radius 1 is 1.19 bits per heavy atom. The van der Waals surface area contributed by atoms with Crippen LogP contribution in [0.4, 0.5) is 10.1 Å². The number of nitrogens with zero attached hydrogens (tertiary/aromatic N) is 3. The summed E-state index contributed by atoms with van der Waals surface area (Å²) in [4.78, 5) is 28.6. The van der Waals surface area contributed by atoms with E-state index in [1.54, 1.807) is 29.8 Å². The number of hydrogen-bond donors (Lipinski definition) is 0. The summed E-state index contributed by atoms with van der Waals surface area (Å²) >= 11 is 0. The minimum atomic E-state index is -0.237. The summed E-state index contributed by atoms with van der Waals surface area (Å²) in [5.74, 6) is 0.220. The fraction of sp³-hybridized carbons (Fsp3) is 0.400. The van der Waals surface area contributed by atoms with Crippen LogP contribution in [0.5, 0.6) is 0 Å². The molecule has 0 N–H and O–H groups in total. The molecule has 1 aromatic carbocycles. The minimum Gasteiger partial charge on any atom is -0.371 e. The lowest BCUT2D eigenvalue weighted by Gasteiger charge is -2.41. The van der Waals surface area contributed by atoms with Gasteiger partial charge in [0.05, 0.1) is 6.54 Å². The summed E-state index contributed by atoms with van der Waals surface area (Å²) in [5.41, 5.74) is 3.98. The number of amides is 1. The molecule has 0 unspecified atom stereocenters. The number of benzene rings is 1. The van der Waals surface area contributed by atoms with Crippen molar-refractivity contribution in [2.45, 2.75) is 26.4 Å². The summed E-state index contributed by atoms with van der Waals surface area (Å²) in [6.07, 6.45) is 0.513. The first-order valence-electron chi connectivity index (χ1n) is 8.89. The van der Waals surface area contributed by atoms with Crippen LogP contribution < -0.4 is 10.5 Å². The van der Waals surface area contributed by atoms with Gasteiger partial charge in [0.15, 0.2) is 0 Å². The third kappa shape index (κ3) is 2.89. The molecule has 2 aliphatic heterocycles. The SMILES string of the molecule is Cc1cc(=O)n(C)c2c1CN(C(=O)CC1CN(c3ccc(F)cc3)C1)C2. The van der Waals surface area contributed by atoms with E-state index in [9.17, 15) is 14.0 Å². The van der Waals surface area contributed by atoms with E-state index in [4.69, 9.17) is 0 Å². The van der Waals surface area contributed by atoms with E-state index < -0.39 is 0 Å². The highest BCUT2D eigenvalue weighted by atomic mass is 19.1. The van der Waals surface area contributed by atoms with Crippen LogP contribution in [0.25, 0.3) is 0 Å². The Bertz CT molecular complexity index is 914. The maximum absolute atomic E-state index is 13.0. The molecule has 1 saturated heterocycles. The average Bonchev–Trinajstić information content (AvgIpc) is 3.03. The molecule has 2 aromatic rings. The standard InChI is InChI=1S/C20H22FN3O2/c1-13-7-19(25)22(2)18-12-24(11-17(13)18)20(26)8-14-9-23(10-14)16-5-3-15(21)4-6-16/h3-7,14H,8-12H2,1-2H3. The maximum Gasteiger partial charge on any atom is 0.250 e. The summed E-state index contributed by atoms with van der Waals surface area (Å²) < 4.78 is 14.6. The van der Waals surface area contributed by atoms with Crippen molar-refractivity contribution >= 4 is 11.6 Å². The number of carbonyl (C=O) groups excluding carboxylic acids is 1. The summed E-state index contributed by atoms with van der Waals surface area (Å²) in [6, 6.07) is 8.10. The first kappa shape index (κ1) is 16.8. The van der Waals surface area contributed by atoms with Gasteiger partial charge in [-0.2, -0.15) is 0 Å². The summed E-state index contributed by atoms with van der Waals surface area (Å²) in [5, 5.41) is 0. The highest BCUT2D eigenvalue weighted by Gasteiger charge is 2.33. The van der Waals surface area contributed by atoms with Gasteiger partial charge in [0.1, 0.15) is 5.82 Å². The molecular formula is C20H22FN3O2. The molecule has 1 amide bonds. The number of anilines is 1. The Labute approximate surface area is 151 Å². The van der Waals surface area contributed by atoms with Crippen LogP contribution in [0, 0.1) is 18.7 Å². The zero-order chi connectivity index (χ0) is 18.4. The van der Waals surface area contributed by atoms with E-state index in [1.807, 2.05) is 11.8 Å². The molecule has 5 nitrogen and oxygen atoms in total. The largest absolute Gasteiger partial charge is 0.371 e. The second-order valence-electron chi connectivity index (χ2n) is 7.35. The molecule has 0 atom stereocenters. The topological polar surface area (TPSA) is 45.6 Å². The Morgan fingerprint density at radius 2 is 1.88 bits per heavy atom. The fourth-order valence-electron chi connectivity index (χ4n) is 3.89. The Kier molecular flexibility index (Phi) is 4.05. The Balaban J connectivity index is 1.36. The van der Waals surface area contributed by atoms with Crippen LogP contribution in [-0.2, 0) is 24.9 Å². The van der Waals surface area contributed by atoms with Gasteiger partial charge in [-0.15, -0.1) is 0 Å². The molecule has 0 radical (unpaired) electrons. The van der Waals surface area contributed by atoms with Crippen molar-refractivity contribution in [2.24, 2.45) is 13.0 Å². The summed E-state index contributed by atoms with van der Waals surface area (Å²) in [6.45, 7) is 4.66. The van der Waals surface area contributed by atoms with Gasteiger partial charge in [-0.25, -0.2) is 4.39 Å². The van der Waals surface area contributed by atoms with Gasteiger partial charge in [-0.1, -0.05) is 0 Å². The van der Waals surface area contributed by atoms with E-state index in [1.165, 1.54) is 12.1 Å². The predicted molar refractivity (Wildman–Crippen MR) is 97.4 cm³/mol. The number of aryl methyl sites for hydroxylation is 1. The van der Waals surface area contributed by atoms with E-state index in [2.05, 4.69) is 4.90 Å². The summed E-state index contributed by atoms with van der Waals surface area (Å²) in [7, 11) is 1.76. The van der Waals surface area contributed by atoms with Crippen LogP contribution in [0.3, 0.4) is 0 Å². The molecule has 6 heteroatoms. The van der Waals surface area contributed by atoms with Crippen LogP contribution in [0.15, 0.2) is 35.1 Å². The van der Waals surface area contributed by atoms with Crippen LogP contribution >= 0.6 is 0 Å². The van der Waals surface area contributed by atoms with E-state index in [-0.39, 0.29) is 17.3 Å². The Morgan fingerprint density at radius 3 is 2.58 bits per heavy atom. The van der Waals surface area contributed by atoms with Crippen molar-refractivity contribution in [2.75, 3.05) is 18.0 Å². The maximum atomic E-state index is 13.0. The van der Waals surface area contributed by atoms with Gasteiger partial charge in [-0.05, 0) is 42.3 Å². The third-order valence-corrected chi connectivity index (χ3v) is 5.55. The zero-order valence-corrected chi connectivity index (χ0v) is 15.0. The molecule has 0 spiro atoms. The molecule has 4 rings (SSSR count). The zero-order valence-electron chi connectivity index (χ0n) is 15.0. The quantitative estimate of drug-likeness (QED) is 0.848. The molecule has 1 aromatic heterocycles. The van der Waals surface area contributed by atoms with E-state index >= 15 is 0 Å². The van der Waals surface area contributed by atoms with Crippen molar-refractivity contribution in [3.63, 3.8) is 0 Å². The lowest BCUT2D eigenvalue weighted by Crippen LogP contribution is -2.48. The first-order chi connectivity index (χ1) is 12.4. The number of hydrogen-bond acceptors (Lipinski definition) is 3. The predicted octanol–water partition coefficient (Wildman–Crippen LogP) is 2.20. The smallest absolute Gasteiger partial charge is 0.250 e. The second-order valence-corrected chi connectivity index (χ2v) is 7.35. The molecule has 3 heterocycles. The lowest BCUT2D eigenvalue weighted by atomic mass is 9.95. The van der Waals surface area contributed by atoms with Crippen molar-refractivity contribution in [3.05, 3.63) is 63.3 Å². The van der Waals surface area contributed by atoms with Gasteiger partial charge in [-0.3, -0.25) is 9.59 Å². The van der Waals surface area contributed by atoms with Crippen molar-refractivity contribution in [1.29, 1.82) is 0 Å². The van der Waals surface area contributed by atoms with Gasteiger partial charge in [0.25, 0.3) is 5.56 Å². The van der Waals surface area contributed by atoms with Crippen molar-refractivity contribution < 1.29 is 9.18 Å². The molecule has 0 aliphatic carbocycles.